The maximum Gasteiger partial charge on any atom is 0.323 e. The number of aliphatic hydroxyl groups is 2. The molecule has 0 aromatic heterocycles. The first kappa shape index (κ1) is 84.0. The number of phenolic OH excluding ortho intramolecular Hbond substituents is 1. The van der Waals surface area contributed by atoms with Crippen LogP contribution in [0.1, 0.15) is 91.5 Å². The quantitative estimate of drug-likeness (QED) is 0.0235. The monoisotopic (exact) mass is 1120 g/mol. The summed E-state index contributed by atoms with van der Waals surface area (Å²) in [6.07, 6.45) is 2.98. The van der Waals surface area contributed by atoms with Gasteiger partial charge < -0.3 is 124 Å². The Morgan fingerprint density at radius 3 is 1.05 bits per heavy atom. The Labute approximate surface area is 445 Å². The molecule has 0 amide bonds. The van der Waals surface area contributed by atoms with Crippen LogP contribution in [0, 0.1) is 11.8 Å². The van der Waals surface area contributed by atoms with Gasteiger partial charge in [0.2, 0.25) is 0 Å². The van der Waals surface area contributed by atoms with E-state index >= 15 is 0 Å². The molecule has 0 heterocycles. The third-order valence-corrected chi connectivity index (χ3v) is 8.40. The number of carboxylic acid groups (broad SMARTS) is 9. The predicted molar refractivity (Wildman–Crippen MR) is 279 cm³/mol. The lowest BCUT2D eigenvalue weighted by Gasteiger charge is -2.07. The molecule has 34 N–H and O–H groups in total. The number of aliphatic carboxylic acids is 9. The Balaban J connectivity index is -0.000000147. The molecule has 0 radical (unpaired) electrons. The van der Waals surface area contributed by atoms with Crippen molar-refractivity contribution in [2.24, 2.45) is 79.9 Å². The third-order valence-electron chi connectivity index (χ3n) is 8.40. The highest BCUT2D eigenvalue weighted by molar-refractivity contribution is 5.80. The molecule has 0 saturated carbocycles. The van der Waals surface area contributed by atoms with Crippen LogP contribution in [-0.4, -0.2) is 195 Å². The molecule has 33 heteroatoms. The van der Waals surface area contributed by atoms with E-state index in [2.05, 4.69) is 4.99 Å². The molecule has 1 aromatic rings. The van der Waals surface area contributed by atoms with Gasteiger partial charge in [0, 0.05) is 6.54 Å². The molecule has 0 aliphatic heterocycles. The highest BCUT2D eigenvalue weighted by atomic mass is 16.4. The van der Waals surface area contributed by atoms with E-state index in [1.807, 2.05) is 27.7 Å². The molecular formula is C44H88N12O21. The van der Waals surface area contributed by atoms with Gasteiger partial charge in [0.15, 0.2) is 5.96 Å². The van der Waals surface area contributed by atoms with E-state index < -0.39 is 121 Å². The van der Waals surface area contributed by atoms with Gasteiger partial charge >= 0.3 is 53.7 Å². The number of benzene rings is 1. The number of carbonyl (C=O) groups is 9. The van der Waals surface area contributed by atoms with Gasteiger partial charge in [0.1, 0.15) is 54.1 Å². The third kappa shape index (κ3) is 65.1. The van der Waals surface area contributed by atoms with Gasteiger partial charge in [-0.25, -0.2) is 0 Å². The lowest BCUT2D eigenvalue weighted by molar-refractivity contribution is -0.144. The Morgan fingerprint density at radius 2 is 0.844 bits per heavy atom. The minimum absolute atomic E-state index is 0.0129. The number of hydrogen-bond donors (Lipinski definition) is 23. The van der Waals surface area contributed by atoms with Crippen LogP contribution in [0.3, 0.4) is 0 Å². The van der Waals surface area contributed by atoms with Crippen molar-refractivity contribution in [2.75, 3.05) is 19.7 Å². The molecule has 0 fully saturated rings. The number of nitrogens with zero attached hydrogens (tertiary/aromatic N) is 1. The van der Waals surface area contributed by atoms with Crippen molar-refractivity contribution in [1.82, 2.24) is 0 Å². The minimum Gasteiger partial charge on any atom is -0.508 e. The van der Waals surface area contributed by atoms with E-state index in [0.717, 1.165) is 18.4 Å². The molecule has 9 atom stereocenters. The van der Waals surface area contributed by atoms with Gasteiger partial charge in [-0.05, 0) is 87.9 Å². The average Bonchev–Trinajstić information content (AvgIpc) is 3.30. The number of aliphatic hydroxyl groups excluding tert-OH is 2. The smallest absolute Gasteiger partial charge is 0.323 e. The highest BCUT2D eigenvalue weighted by Crippen LogP contribution is 2.11. The van der Waals surface area contributed by atoms with Crippen LogP contribution in [0.15, 0.2) is 29.3 Å². The van der Waals surface area contributed by atoms with Crippen molar-refractivity contribution >= 4 is 59.7 Å². The summed E-state index contributed by atoms with van der Waals surface area (Å²) >= 11 is 0. The first-order valence-electron chi connectivity index (χ1n) is 23.1. The molecular weight excluding hydrogens is 1030 g/mol. The van der Waals surface area contributed by atoms with E-state index in [0.29, 0.717) is 57.0 Å². The second-order valence-electron chi connectivity index (χ2n) is 16.9. The Kier molecular flexibility index (Phi) is 55.9. The van der Waals surface area contributed by atoms with Crippen LogP contribution in [0.4, 0.5) is 0 Å². The summed E-state index contributed by atoms with van der Waals surface area (Å²) in [5.74, 6) is -8.75. The zero-order valence-corrected chi connectivity index (χ0v) is 44.0. The van der Waals surface area contributed by atoms with Crippen molar-refractivity contribution in [3.8, 4) is 5.75 Å². The number of aliphatic imine (C=N–C) groups is 1. The lowest BCUT2D eigenvalue weighted by Crippen LogP contribution is -2.39. The fourth-order valence-electron chi connectivity index (χ4n) is 4.03. The topological polar surface area (TPSA) is 695 Å². The maximum atomic E-state index is 10.4. The minimum atomic E-state index is -1.29. The molecule has 0 bridgehead atoms. The van der Waals surface area contributed by atoms with E-state index in [-0.39, 0.29) is 18.1 Å². The molecule has 0 saturated heterocycles. The number of unbranched alkanes of at least 4 members (excludes halogenated alkanes) is 1. The van der Waals surface area contributed by atoms with Crippen LogP contribution in [-0.2, 0) is 49.6 Å². The number of carboxylic acids is 9. The van der Waals surface area contributed by atoms with Gasteiger partial charge in [0.05, 0.1) is 19.1 Å². The summed E-state index contributed by atoms with van der Waals surface area (Å²) in [6, 6.07) is -1.06. The molecule has 0 spiro atoms. The summed E-state index contributed by atoms with van der Waals surface area (Å²) in [5.41, 5.74) is 56.8. The Hall–Kier alpha value is -6.92. The van der Waals surface area contributed by atoms with E-state index in [1.165, 1.54) is 19.1 Å². The summed E-state index contributed by atoms with van der Waals surface area (Å²) < 4.78 is 0. The second kappa shape index (κ2) is 51.2. The number of guanidine groups is 1. The predicted octanol–water partition coefficient (Wildman–Crippen LogP) is -4.74. The summed E-state index contributed by atoms with van der Waals surface area (Å²) in [5, 5.41) is 99.3. The average molecular weight is 1120 g/mol. The van der Waals surface area contributed by atoms with Crippen LogP contribution < -0.4 is 63.1 Å². The molecule has 77 heavy (non-hydrogen) atoms. The van der Waals surface area contributed by atoms with Gasteiger partial charge in [0.25, 0.3) is 0 Å². The molecule has 33 nitrogen and oxygen atoms in total. The van der Waals surface area contributed by atoms with Crippen molar-refractivity contribution in [3.63, 3.8) is 0 Å². The Bertz CT molecular complexity index is 1800. The molecule has 0 aliphatic rings. The lowest BCUT2D eigenvalue weighted by atomic mass is 10.1. The van der Waals surface area contributed by atoms with Crippen molar-refractivity contribution in [1.29, 1.82) is 0 Å². The van der Waals surface area contributed by atoms with Crippen LogP contribution in [0.2, 0.25) is 0 Å². The van der Waals surface area contributed by atoms with Gasteiger partial charge in [-0.3, -0.25) is 48.1 Å². The summed E-state index contributed by atoms with van der Waals surface area (Å²) in [7, 11) is 0. The molecule has 1 rings (SSSR count). The van der Waals surface area contributed by atoms with Gasteiger partial charge in [-0.15, -0.1) is 0 Å². The fourth-order valence-corrected chi connectivity index (χ4v) is 4.03. The molecule has 0 aliphatic carbocycles. The number of phenols is 1. The number of nitrogens with two attached hydrogens (primary N) is 11. The number of rotatable bonds is 26. The van der Waals surface area contributed by atoms with Crippen molar-refractivity contribution < 1.29 is 104 Å². The van der Waals surface area contributed by atoms with Gasteiger partial charge in [-0.2, -0.15) is 0 Å². The van der Waals surface area contributed by atoms with E-state index in [1.54, 1.807) is 12.1 Å². The summed E-state index contributed by atoms with van der Waals surface area (Å²) in [4.78, 5) is 93.8. The normalized spacial score (nSPS) is 13.4. The van der Waals surface area contributed by atoms with Crippen molar-refractivity contribution in [2.45, 2.75) is 147 Å². The fraction of sp³-hybridized carbons (Fsp3) is 0.636. The Morgan fingerprint density at radius 1 is 0.494 bits per heavy atom. The zero-order valence-electron chi connectivity index (χ0n) is 44.0. The SMILES string of the molecule is CC(C)CC(N)C(=O)O.CC(C)CC(N)C(=O)O.CC(O)C(N)C(=O)O.NC(CC(=O)O)C(=O)O.NC(CO)C(=O)O.NC(Cc1ccc(O)cc1)C(=O)O.NC(N)=NCCCC(N)C(=O)O.NCCCCC(N)C(=O)O. The highest BCUT2D eigenvalue weighted by Gasteiger charge is 2.17. The van der Waals surface area contributed by atoms with Gasteiger partial charge in [-0.1, -0.05) is 46.2 Å². The van der Waals surface area contributed by atoms with E-state index in [4.69, 9.17) is 124 Å². The summed E-state index contributed by atoms with van der Waals surface area (Å²) in [6.45, 7) is 9.64. The standard InChI is InChI=1S/C9H11NO3.C6H14N4O2.C6H14N2O2.2C6H13NO2.C4H7NO4.C4H9NO3.C3H7NO3/c10-8(9(12)13)5-6-1-3-7(11)4-2-6;7-4(5(11)12)2-1-3-10-6(8)9;7-4-2-1-3-5(8)6(9)10;2*1-4(2)3-5(7)6(8)9;5-2(4(8)9)1-3(6)7;1-2(6)3(5)4(7)8;4-2(1-5)3(6)7/h1-4,8,11H,5,10H2,(H,12,13);4H,1-3,7H2,(H,11,12)(H4,8,9,10);5H,1-4,7-8H2,(H,9,10);2*4-5H,3,7H2,1-2H3,(H,8,9);2H,1,5H2,(H,6,7)(H,8,9);2-3,6H,5H2,1H3,(H,7,8);2,5H,1,4H2,(H,6,7). The van der Waals surface area contributed by atoms with E-state index in [9.17, 15) is 43.2 Å². The van der Waals surface area contributed by atoms with Crippen LogP contribution in [0.25, 0.3) is 0 Å². The zero-order chi connectivity index (χ0) is 62.3. The molecule has 1 aromatic carbocycles. The number of hydrogen-bond acceptors (Lipinski definition) is 22. The molecule has 450 valence electrons. The largest absolute Gasteiger partial charge is 0.508 e. The number of aromatic hydroxyl groups is 1. The maximum absolute atomic E-state index is 10.4. The second-order valence-corrected chi connectivity index (χ2v) is 16.9. The first-order chi connectivity index (χ1) is 35.2. The van der Waals surface area contributed by atoms with Crippen molar-refractivity contribution in [3.05, 3.63) is 29.8 Å². The molecule has 9 unspecified atom stereocenters. The van der Waals surface area contributed by atoms with Crippen LogP contribution in [0.5, 0.6) is 5.75 Å². The van der Waals surface area contributed by atoms with Crippen LogP contribution >= 0.6 is 0 Å². The first-order valence-corrected chi connectivity index (χ1v) is 23.1.